The van der Waals surface area contributed by atoms with Crippen molar-refractivity contribution in [2.75, 3.05) is 0 Å². The van der Waals surface area contributed by atoms with Crippen LogP contribution in [0.25, 0.3) is 0 Å². The van der Waals surface area contributed by atoms with Crippen molar-refractivity contribution in [1.29, 1.82) is 0 Å². The number of alkyl halides is 3. The SMILES string of the molecule is CCCC[C@H](NC(=O)c1ccc(Cl)cc1C(F)(F)F)C(=O)O. The van der Waals surface area contributed by atoms with Crippen molar-refractivity contribution in [2.24, 2.45) is 0 Å². The summed E-state index contributed by atoms with van der Waals surface area (Å²) in [6.45, 7) is 1.84. The number of rotatable bonds is 6. The van der Waals surface area contributed by atoms with Gasteiger partial charge in [-0.25, -0.2) is 4.79 Å². The Kier molecular flexibility index (Phi) is 6.22. The molecule has 0 radical (unpaired) electrons. The molecule has 0 aromatic heterocycles. The Morgan fingerprint density at radius 3 is 2.50 bits per heavy atom. The predicted octanol–water partition coefficient (Wildman–Crippen LogP) is 3.73. The van der Waals surface area contributed by atoms with Gasteiger partial charge >= 0.3 is 12.1 Å². The molecule has 0 fully saturated rings. The van der Waals surface area contributed by atoms with E-state index in [0.717, 1.165) is 12.1 Å². The first-order valence-electron chi connectivity index (χ1n) is 6.57. The lowest BCUT2D eigenvalue weighted by atomic mass is 10.0. The Balaban J connectivity index is 3.04. The summed E-state index contributed by atoms with van der Waals surface area (Å²) in [6.07, 6.45) is -3.38. The Bertz CT molecular complexity index is 561. The lowest BCUT2D eigenvalue weighted by Crippen LogP contribution is -2.41. The number of carbonyl (C=O) groups is 2. The average molecular weight is 338 g/mol. The van der Waals surface area contributed by atoms with E-state index in [9.17, 15) is 22.8 Å². The first kappa shape index (κ1) is 18.3. The smallest absolute Gasteiger partial charge is 0.417 e. The van der Waals surface area contributed by atoms with Gasteiger partial charge in [-0.2, -0.15) is 13.2 Å². The summed E-state index contributed by atoms with van der Waals surface area (Å²) in [6, 6.07) is 1.48. The fourth-order valence-electron chi connectivity index (χ4n) is 1.85. The van der Waals surface area contributed by atoms with Gasteiger partial charge in [0.25, 0.3) is 5.91 Å². The summed E-state index contributed by atoms with van der Waals surface area (Å²) in [5, 5.41) is 11.0. The van der Waals surface area contributed by atoms with Gasteiger partial charge in [0.05, 0.1) is 11.1 Å². The largest absolute Gasteiger partial charge is 0.480 e. The molecule has 22 heavy (non-hydrogen) atoms. The van der Waals surface area contributed by atoms with Crippen molar-refractivity contribution >= 4 is 23.5 Å². The monoisotopic (exact) mass is 337 g/mol. The molecule has 1 amide bonds. The molecule has 0 aliphatic heterocycles. The van der Waals surface area contributed by atoms with Crippen molar-refractivity contribution in [1.82, 2.24) is 5.32 Å². The van der Waals surface area contributed by atoms with Gasteiger partial charge in [-0.3, -0.25) is 4.79 Å². The number of carboxylic acid groups (broad SMARTS) is 1. The number of unbranched alkanes of at least 4 members (excludes halogenated alkanes) is 1. The fourth-order valence-corrected chi connectivity index (χ4v) is 2.02. The lowest BCUT2D eigenvalue weighted by molar-refractivity contribution is -0.139. The van der Waals surface area contributed by atoms with Gasteiger partial charge in [-0.15, -0.1) is 0 Å². The molecule has 2 N–H and O–H groups in total. The summed E-state index contributed by atoms with van der Waals surface area (Å²) in [5.74, 6) is -2.38. The number of hydrogen-bond acceptors (Lipinski definition) is 2. The third-order valence-corrected chi connectivity index (χ3v) is 3.22. The predicted molar refractivity (Wildman–Crippen MR) is 74.9 cm³/mol. The molecular weight excluding hydrogens is 323 g/mol. The number of amides is 1. The highest BCUT2D eigenvalue weighted by Crippen LogP contribution is 2.33. The maximum atomic E-state index is 12.9. The molecule has 1 aromatic rings. The second-order valence-electron chi connectivity index (χ2n) is 4.69. The molecule has 0 spiro atoms. The topological polar surface area (TPSA) is 66.4 Å². The van der Waals surface area contributed by atoms with Crippen LogP contribution in [0.2, 0.25) is 5.02 Å². The second kappa shape index (κ2) is 7.49. The van der Waals surface area contributed by atoms with Crippen LogP contribution in [-0.2, 0) is 11.0 Å². The minimum Gasteiger partial charge on any atom is -0.480 e. The molecule has 8 heteroatoms. The Hall–Kier alpha value is -1.76. The molecule has 0 aliphatic rings. The van der Waals surface area contributed by atoms with Crippen LogP contribution in [0.5, 0.6) is 0 Å². The van der Waals surface area contributed by atoms with Crippen LogP contribution in [0.4, 0.5) is 13.2 Å². The van der Waals surface area contributed by atoms with Gasteiger partial charge in [0.2, 0.25) is 0 Å². The van der Waals surface area contributed by atoms with E-state index in [4.69, 9.17) is 16.7 Å². The van der Waals surface area contributed by atoms with E-state index in [1.54, 1.807) is 0 Å². The molecule has 4 nitrogen and oxygen atoms in total. The number of nitrogens with one attached hydrogen (secondary N) is 1. The fraction of sp³-hybridized carbons (Fsp3) is 0.429. The molecule has 0 heterocycles. The van der Waals surface area contributed by atoms with Crippen LogP contribution in [0.1, 0.15) is 42.1 Å². The van der Waals surface area contributed by atoms with E-state index in [1.165, 1.54) is 0 Å². The van der Waals surface area contributed by atoms with E-state index in [2.05, 4.69) is 5.32 Å². The minimum absolute atomic E-state index is 0.145. The summed E-state index contributed by atoms with van der Waals surface area (Å²) in [7, 11) is 0. The average Bonchev–Trinajstić information content (AvgIpc) is 2.41. The summed E-state index contributed by atoms with van der Waals surface area (Å²) < 4.78 is 38.8. The number of hydrogen-bond donors (Lipinski definition) is 2. The molecule has 1 atom stereocenters. The van der Waals surface area contributed by atoms with E-state index in [-0.39, 0.29) is 11.4 Å². The van der Waals surface area contributed by atoms with Crippen LogP contribution in [-0.4, -0.2) is 23.0 Å². The van der Waals surface area contributed by atoms with Gasteiger partial charge < -0.3 is 10.4 Å². The maximum Gasteiger partial charge on any atom is 0.417 e. The minimum atomic E-state index is -4.76. The second-order valence-corrected chi connectivity index (χ2v) is 5.13. The molecule has 0 aliphatic carbocycles. The van der Waals surface area contributed by atoms with Crippen LogP contribution in [0.3, 0.4) is 0 Å². The van der Waals surface area contributed by atoms with Crippen LogP contribution < -0.4 is 5.32 Å². The Morgan fingerprint density at radius 1 is 1.36 bits per heavy atom. The number of benzene rings is 1. The summed E-state index contributed by atoms with van der Waals surface area (Å²) in [5.41, 5.74) is -1.85. The molecule has 0 saturated heterocycles. The molecule has 1 rings (SSSR count). The van der Waals surface area contributed by atoms with Crippen LogP contribution in [0.15, 0.2) is 18.2 Å². The zero-order valence-corrected chi connectivity index (χ0v) is 12.5. The zero-order valence-electron chi connectivity index (χ0n) is 11.7. The molecule has 0 unspecified atom stereocenters. The number of halogens is 4. The summed E-state index contributed by atoms with van der Waals surface area (Å²) in [4.78, 5) is 23.0. The standard InChI is InChI=1S/C14H15ClF3NO3/c1-2-3-4-11(13(21)22)19-12(20)9-6-5-8(15)7-10(9)14(16,17)18/h5-7,11H,2-4H2,1H3,(H,19,20)(H,21,22)/t11-/m0/s1. The molecule has 0 saturated carbocycles. The first-order chi connectivity index (χ1) is 10.2. The Morgan fingerprint density at radius 2 is 2.00 bits per heavy atom. The van der Waals surface area contributed by atoms with E-state index in [0.29, 0.717) is 18.9 Å². The third-order valence-electron chi connectivity index (χ3n) is 2.98. The third kappa shape index (κ3) is 4.91. The molecule has 0 bridgehead atoms. The number of carboxylic acids is 1. The highest BCUT2D eigenvalue weighted by Gasteiger charge is 2.36. The Labute approximate surface area is 130 Å². The lowest BCUT2D eigenvalue weighted by Gasteiger charge is -2.17. The number of aliphatic carboxylic acids is 1. The van der Waals surface area contributed by atoms with Gasteiger partial charge in [0.1, 0.15) is 6.04 Å². The van der Waals surface area contributed by atoms with Gasteiger partial charge in [0.15, 0.2) is 0 Å². The van der Waals surface area contributed by atoms with Crippen molar-refractivity contribution in [3.8, 4) is 0 Å². The highest BCUT2D eigenvalue weighted by atomic mass is 35.5. The van der Waals surface area contributed by atoms with Crippen molar-refractivity contribution in [3.05, 3.63) is 34.3 Å². The normalized spacial score (nSPS) is 12.8. The van der Waals surface area contributed by atoms with Gasteiger partial charge in [0, 0.05) is 5.02 Å². The van der Waals surface area contributed by atoms with Crippen LogP contribution >= 0.6 is 11.6 Å². The molecule has 1 aromatic carbocycles. The van der Waals surface area contributed by atoms with E-state index >= 15 is 0 Å². The zero-order chi connectivity index (χ0) is 16.9. The van der Waals surface area contributed by atoms with Crippen LogP contribution in [0, 0.1) is 0 Å². The maximum absolute atomic E-state index is 12.9. The quantitative estimate of drug-likeness (QED) is 0.831. The van der Waals surface area contributed by atoms with Crippen molar-refractivity contribution in [3.63, 3.8) is 0 Å². The first-order valence-corrected chi connectivity index (χ1v) is 6.95. The van der Waals surface area contributed by atoms with E-state index in [1.807, 2.05) is 6.92 Å². The van der Waals surface area contributed by atoms with Crippen molar-refractivity contribution < 1.29 is 27.9 Å². The van der Waals surface area contributed by atoms with Crippen molar-refractivity contribution in [2.45, 2.75) is 38.4 Å². The molecule has 122 valence electrons. The molecular formula is C14H15ClF3NO3. The summed E-state index contributed by atoms with van der Waals surface area (Å²) >= 11 is 5.53. The van der Waals surface area contributed by atoms with Gasteiger partial charge in [-0.1, -0.05) is 31.4 Å². The van der Waals surface area contributed by atoms with Gasteiger partial charge in [-0.05, 0) is 24.6 Å². The van der Waals surface area contributed by atoms with E-state index < -0.39 is 35.2 Å². The number of carbonyl (C=O) groups excluding carboxylic acids is 1. The highest BCUT2D eigenvalue weighted by molar-refractivity contribution is 6.30.